The van der Waals surface area contributed by atoms with Crippen LogP contribution >= 0.6 is 0 Å². The Labute approximate surface area is 94.2 Å². The standard InChI is InChI=1S/C12H15NO3/c1-16-7-8-2-3-9-4-5-13-11(12(14)15)10(9)6-8/h2-3,6,11,13H,4-5,7H2,1H3,(H,14,15). The zero-order chi connectivity index (χ0) is 11.5. The monoisotopic (exact) mass is 221 g/mol. The largest absolute Gasteiger partial charge is 0.480 e. The number of hydrogen-bond donors (Lipinski definition) is 2. The minimum Gasteiger partial charge on any atom is -0.480 e. The molecule has 0 radical (unpaired) electrons. The van der Waals surface area contributed by atoms with E-state index in [9.17, 15) is 4.79 Å². The minimum atomic E-state index is -0.824. The van der Waals surface area contributed by atoms with Gasteiger partial charge in [-0.3, -0.25) is 4.79 Å². The summed E-state index contributed by atoms with van der Waals surface area (Å²) in [5.74, 6) is -0.824. The number of benzene rings is 1. The van der Waals surface area contributed by atoms with E-state index >= 15 is 0 Å². The van der Waals surface area contributed by atoms with Crippen LogP contribution in [0, 0.1) is 0 Å². The van der Waals surface area contributed by atoms with Gasteiger partial charge < -0.3 is 15.2 Å². The molecule has 1 atom stereocenters. The Morgan fingerprint density at radius 2 is 2.44 bits per heavy atom. The first-order valence-corrected chi connectivity index (χ1v) is 5.29. The predicted octanol–water partition coefficient (Wildman–Crippen LogP) is 1.10. The molecule has 1 aromatic rings. The number of ether oxygens (including phenoxy) is 1. The highest BCUT2D eigenvalue weighted by atomic mass is 16.5. The second-order valence-corrected chi connectivity index (χ2v) is 3.94. The second-order valence-electron chi connectivity index (χ2n) is 3.94. The molecular formula is C12H15NO3. The van der Waals surface area contributed by atoms with Gasteiger partial charge in [0.15, 0.2) is 0 Å². The second kappa shape index (κ2) is 4.63. The van der Waals surface area contributed by atoms with Gasteiger partial charge in [-0.1, -0.05) is 18.2 Å². The zero-order valence-electron chi connectivity index (χ0n) is 9.19. The van der Waals surface area contributed by atoms with Crippen molar-refractivity contribution in [3.05, 3.63) is 34.9 Å². The van der Waals surface area contributed by atoms with Crippen molar-refractivity contribution in [2.24, 2.45) is 0 Å². The van der Waals surface area contributed by atoms with Crippen LogP contribution in [0.4, 0.5) is 0 Å². The van der Waals surface area contributed by atoms with Gasteiger partial charge >= 0.3 is 5.97 Å². The number of carboxylic acids is 1. The first-order chi connectivity index (χ1) is 7.72. The van der Waals surface area contributed by atoms with Crippen molar-refractivity contribution in [2.75, 3.05) is 13.7 Å². The van der Waals surface area contributed by atoms with E-state index < -0.39 is 12.0 Å². The van der Waals surface area contributed by atoms with E-state index in [0.717, 1.165) is 23.1 Å². The van der Waals surface area contributed by atoms with Crippen molar-refractivity contribution in [3.63, 3.8) is 0 Å². The zero-order valence-corrected chi connectivity index (χ0v) is 9.19. The summed E-state index contributed by atoms with van der Waals surface area (Å²) in [6.45, 7) is 1.23. The minimum absolute atomic E-state index is 0.514. The average molecular weight is 221 g/mol. The molecule has 1 aliphatic rings. The van der Waals surface area contributed by atoms with Gasteiger partial charge in [-0.25, -0.2) is 0 Å². The number of hydrogen-bond acceptors (Lipinski definition) is 3. The summed E-state index contributed by atoms with van der Waals surface area (Å²) in [6, 6.07) is 5.33. The smallest absolute Gasteiger partial charge is 0.325 e. The molecule has 0 saturated heterocycles. The van der Waals surface area contributed by atoms with E-state index in [2.05, 4.69) is 5.32 Å². The molecule has 0 spiro atoms. The lowest BCUT2D eigenvalue weighted by molar-refractivity contribution is -0.139. The summed E-state index contributed by atoms with van der Waals surface area (Å²) in [4.78, 5) is 11.1. The first-order valence-electron chi connectivity index (χ1n) is 5.29. The summed E-state index contributed by atoms with van der Waals surface area (Å²) in [7, 11) is 1.63. The molecule has 0 amide bonds. The summed E-state index contributed by atoms with van der Waals surface area (Å²) in [5, 5.41) is 12.1. The molecule has 0 fully saturated rings. The average Bonchev–Trinajstić information content (AvgIpc) is 2.28. The van der Waals surface area contributed by atoms with Crippen molar-refractivity contribution in [3.8, 4) is 0 Å². The number of carboxylic acid groups (broad SMARTS) is 1. The molecule has 2 N–H and O–H groups in total. The molecule has 86 valence electrons. The van der Waals surface area contributed by atoms with Gasteiger partial charge in [-0.2, -0.15) is 0 Å². The normalized spacial score (nSPS) is 19.2. The SMILES string of the molecule is COCc1ccc2c(c1)C(C(=O)O)NCC2. The number of carbonyl (C=O) groups is 1. The van der Waals surface area contributed by atoms with E-state index in [1.807, 2.05) is 18.2 Å². The molecule has 1 heterocycles. The van der Waals surface area contributed by atoms with Gasteiger partial charge in [0, 0.05) is 13.7 Å². The molecule has 1 aromatic carbocycles. The fourth-order valence-electron chi connectivity index (χ4n) is 2.08. The molecule has 16 heavy (non-hydrogen) atoms. The lowest BCUT2D eigenvalue weighted by Gasteiger charge is -2.24. The van der Waals surface area contributed by atoms with E-state index in [1.165, 1.54) is 0 Å². The third-order valence-corrected chi connectivity index (χ3v) is 2.82. The van der Waals surface area contributed by atoms with E-state index in [1.54, 1.807) is 7.11 Å². The predicted molar refractivity (Wildman–Crippen MR) is 59.2 cm³/mol. The van der Waals surface area contributed by atoms with Gasteiger partial charge in [0.05, 0.1) is 6.61 Å². The highest BCUT2D eigenvalue weighted by Crippen LogP contribution is 2.24. The molecule has 0 bridgehead atoms. The topological polar surface area (TPSA) is 58.6 Å². The molecule has 4 nitrogen and oxygen atoms in total. The molecular weight excluding hydrogens is 206 g/mol. The molecule has 0 aromatic heterocycles. The number of fused-ring (bicyclic) bond motifs is 1. The highest BCUT2D eigenvalue weighted by molar-refractivity contribution is 5.76. The maximum Gasteiger partial charge on any atom is 0.325 e. The van der Waals surface area contributed by atoms with Crippen LogP contribution in [0.1, 0.15) is 22.7 Å². The molecule has 0 saturated carbocycles. The number of rotatable bonds is 3. The van der Waals surface area contributed by atoms with Gasteiger partial charge in [0.2, 0.25) is 0 Å². The van der Waals surface area contributed by atoms with Crippen molar-refractivity contribution >= 4 is 5.97 Å². The van der Waals surface area contributed by atoms with Crippen LogP contribution in [0.5, 0.6) is 0 Å². The summed E-state index contributed by atoms with van der Waals surface area (Å²) in [6.07, 6.45) is 0.881. The van der Waals surface area contributed by atoms with E-state index in [-0.39, 0.29) is 0 Å². The Balaban J connectivity index is 2.36. The number of nitrogens with one attached hydrogen (secondary N) is 1. The van der Waals surface area contributed by atoms with Crippen LogP contribution in [-0.4, -0.2) is 24.7 Å². The van der Waals surface area contributed by atoms with Gasteiger partial charge in [0.25, 0.3) is 0 Å². The van der Waals surface area contributed by atoms with E-state index in [0.29, 0.717) is 13.2 Å². The Kier molecular flexibility index (Phi) is 3.22. The van der Waals surface area contributed by atoms with Crippen LogP contribution in [0.25, 0.3) is 0 Å². The van der Waals surface area contributed by atoms with Gasteiger partial charge in [-0.15, -0.1) is 0 Å². The Hall–Kier alpha value is -1.39. The maximum atomic E-state index is 11.1. The third kappa shape index (κ3) is 2.08. The van der Waals surface area contributed by atoms with Crippen LogP contribution in [0.15, 0.2) is 18.2 Å². The Morgan fingerprint density at radius 3 is 3.12 bits per heavy atom. The fourth-order valence-corrected chi connectivity index (χ4v) is 2.08. The summed E-state index contributed by atoms with van der Waals surface area (Å²) >= 11 is 0. The summed E-state index contributed by atoms with van der Waals surface area (Å²) in [5.41, 5.74) is 3.00. The maximum absolute atomic E-state index is 11.1. The van der Waals surface area contributed by atoms with Crippen LogP contribution in [-0.2, 0) is 22.6 Å². The van der Waals surface area contributed by atoms with Crippen molar-refractivity contribution < 1.29 is 14.6 Å². The Bertz CT molecular complexity index is 403. The third-order valence-electron chi connectivity index (χ3n) is 2.82. The fraction of sp³-hybridized carbons (Fsp3) is 0.417. The number of methoxy groups -OCH3 is 1. The van der Waals surface area contributed by atoms with Crippen molar-refractivity contribution in [1.29, 1.82) is 0 Å². The van der Waals surface area contributed by atoms with Gasteiger partial charge in [-0.05, 0) is 23.1 Å². The molecule has 1 unspecified atom stereocenters. The lowest BCUT2D eigenvalue weighted by atomic mass is 9.92. The lowest BCUT2D eigenvalue weighted by Crippen LogP contribution is -2.35. The van der Waals surface area contributed by atoms with E-state index in [4.69, 9.17) is 9.84 Å². The van der Waals surface area contributed by atoms with Crippen LogP contribution < -0.4 is 5.32 Å². The van der Waals surface area contributed by atoms with Gasteiger partial charge in [0.1, 0.15) is 6.04 Å². The number of aliphatic carboxylic acids is 1. The Morgan fingerprint density at radius 1 is 1.62 bits per heavy atom. The van der Waals surface area contributed by atoms with Crippen LogP contribution in [0.3, 0.4) is 0 Å². The van der Waals surface area contributed by atoms with Crippen molar-refractivity contribution in [1.82, 2.24) is 5.32 Å². The molecule has 0 aliphatic carbocycles. The first kappa shape index (κ1) is 11.1. The van der Waals surface area contributed by atoms with Crippen LogP contribution in [0.2, 0.25) is 0 Å². The molecule has 2 rings (SSSR count). The highest BCUT2D eigenvalue weighted by Gasteiger charge is 2.25. The molecule has 4 heteroatoms. The summed E-state index contributed by atoms with van der Waals surface area (Å²) < 4.78 is 5.05. The van der Waals surface area contributed by atoms with Crippen molar-refractivity contribution in [2.45, 2.75) is 19.1 Å². The quantitative estimate of drug-likeness (QED) is 0.802. The molecule has 1 aliphatic heterocycles.